The summed E-state index contributed by atoms with van der Waals surface area (Å²) < 4.78 is 0. The van der Waals surface area contributed by atoms with Crippen LogP contribution in [-0.2, 0) is 11.8 Å². The van der Waals surface area contributed by atoms with E-state index in [4.69, 9.17) is 0 Å². The Morgan fingerprint density at radius 1 is 0.524 bits per heavy atom. The minimum atomic E-state index is 0.0537. The van der Waals surface area contributed by atoms with Crippen molar-refractivity contribution >= 4 is 5.69 Å². The molecular formula is C41H73N. The van der Waals surface area contributed by atoms with Crippen LogP contribution in [0.5, 0.6) is 0 Å². The highest BCUT2D eigenvalue weighted by Crippen LogP contribution is 2.47. The predicted molar refractivity (Wildman–Crippen MR) is 191 cm³/mol. The van der Waals surface area contributed by atoms with Gasteiger partial charge in [0.05, 0.1) is 0 Å². The number of anilines is 1. The van der Waals surface area contributed by atoms with E-state index in [0.717, 1.165) is 6.54 Å². The number of hydrogen-bond donors (Lipinski definition) is 0. The Labute approximate surface area is 264 Å². The van der Waals surface area contributed by atoms with Gasteiger partial charge in [0, 0.05) is 23.3 Å². The number of aryl methyl sites for hydroxylation is 1. The summed E-state index contributed by atoms with van der Waals surface area (Å²) in [4.78, 5) is 2.55. The van der Waals surface area contributed by atoms with Crippen molar-refractivity contribution in [1.82, 2.24) is 0 Å². The Kier molecular flexibility index (Phi) is 20.4. The molecule has 1 heteroatoms. The number of rotatable bonds is 28. The number of nitrogens with zero attached hydrogens (tertiary/aromatic N) is 1. The maximum absolute atomic E-state index is 4.58. The van der Waals surface area contributed by atoms with E-state index in [1.54, 1.807) is 0 Å². The molecule has 1 aliphatic rings. The van der Waals surface area contributed by atoms with Gasteiger partial charge in [-0.05, 0) is 36.5 Å². The molecular weight excluding hydrogens is 506 g/mol. The van der Waals surface area contributed by atoms with Crippen molar-refractivity contribution in [3.8, 4) is 0 Å². The van der Waals surface area contributed by atoms with Gasteiger partial charge in [-0.1, -0.05) is 201 Å². The van der Waals surface area contributed by atoms with Gasteiger partial charge in [-0.15, -0.1) is 0 Å². The zero-order valence-corrected chi connectivity index (χ0v) is 29.2. The Bertz CT molecular complexity index is 805. The second-order valence-electron chi connectivity index (χ2n) is 14.3. The Morgan fingerprint density at radius 2 is 0.905 bits per heavy atom. The number of allylic oxidation sites excluding steroid dienone is 1. The molecule has 0 spiro atoms. The molecule has 0 unspecified atom stereocenters. The molecule has 0 bridgehead atoms. The highest BCUT2D eigenvalue weighted by Gasteiger charge is 2.38. The minimum absolute atomic E-state index is 0.0537. The molecule has 1 nitrogen and oxygen atoms in total. The van der Waals surface area contributed by atoms with Crippen LogP contribution < -0.4 is 4.90 Å². The second-order valence-corrected chi connectivity index (χ2v) is 14.3. The van der Waals surface area contributed by atoms with Crippen LogP contribution in [0.2, 0.25) is 0 Å². The highest BCUT2D eigenvalue weighted by atomic mass is 15.2. The van der Waals surface area contributed by atoms with E-state index < -0.39 is 0 Å². The van der Waals surface area contributed by atoms with Crippen molar-refractivity contribution in [3.05, 3.63) is 41.6 Å². The molecule has 1 aliphatic heterocycles. The van der Waals surface area contributed by atoms with Crippen LogP contribution in [0.1, 0.15) is 206 Å². The van der Waals surface area contributed by atoms with Crippen molar-refractivity contribution in [2.24, 2.45) is 0 Å². The summed E-state index contributed by atoms with van der Waals surface area (Å²) in [6.07, 6.45) is 38.1. The third-order valence-electron chi connectivity index (χ3n) is 10.1. The Balaban J connectivity index is 1.55. The average molecular weight is 580 g/mol. The summed E-state index contributed by atoms with van der Waals surface area (Å²) in [5.41, 5.74) is 5.82. The Morgan fingerprint density at radius 3 is 1.33 bits per heavy atom. The molecule has 0 saturated heterocycles. The largest absolute Gasteiger partial charge is 0.345 e. The monoisotopic (exact) mass is 580 g/mol. The molecule has 0 amide bonds. The summed E-state index contributed by atoms with van der Waals surface area (Å²) >= 11 is 0. The van der Waals surface area contributed by atoms with Crippen LogP contribution in [0, 0.1) is 0 Å². The fourth-order valence-corrected chi connectivity index (χ4v) is 7.00. The first kappa shape index (κ1) is 36.9. The van der Waals surface area contributed by atoms with Crippen LogP contribution in [-0.4, -0.2) is 6.54 Å². The number of benzene rings is 1. The molecule has 0 radical (unpaired) electrons. The number of fused-ring (bicyclic) bond motifs is 1. The number of unbranched alkanes of at least 4 members (excludes halogenated alkanes) is 24. The van der Waals surface area contributed by atoms with Crippen molar-refractivity contribution < 1.29 is 0 Å². The first-order chi connectivity index (χ1) is 20.5. The molecule has 1 aromatic carbocycles. The lowest BCUT2D eigenvalue weighted by Crippen LogP contribution is -2.26. The van der Waals surface area contributed by atoms with Gasteiger partial charge in [-0.3, -0.25) is 0 Å². The molecule has 0 saturated carbocycles. The van der Waals surface area contributed by atoms with E-state index in [0.29, 0.717) is 0 Å². The fraction of sp³-hybridized carbons (Fsp3) is 0.805. The SMILES string of the molecule is C=C1N(CCCCCCCCCCCCCCCCCC)c2ccc(CCCCCCCCCCCC)cc2C1(C)C. The van der Waals surface area contributed by atoms with E-state index in [1.807, 2.05) is 0 Å². The molecule has 1 heterocycles. The molecule has 0 aliphatic carbocycles. The zero-order chi connectivity index (χ0) is 30.3. The highest BCUT2D eigenvalue weighted by molar-refractivity contribution is 5.70. The minimum Gasteiger partial charge on any atom is -0.345 e. The summed E-state index contributed by atoms with van der Waals surface area (Å²) in [6.45, 7) is 15.1. The van der Waals surface area contributed by atoms with Crippen molar-refractivity contribution in [3.63, 3.8) is 0 Å². The first-order valence-electron chi connectivity index (χ1n) is 19.1. The normalized spacial score (nSPS) is 14.2. The average Bonchev–Trinajstić information content (AvgIpc) is 3.17. The van der Waals surface area contributed by atoms with Crippen molar-refractivity contribution in [2.75, 3.05) is 11.4 Å². The van der Waals surface area contributed by atoms with Gasteiger partial charge in [0.25, 0.3) is 0 Å². The van der Waals surface area contributed by atoms with Gasteiger partial charge in [0.2, 0.25) is 0 Å². The van der Waals surface area contributed by atoms with Gasteiger partial charge < -0.3 is 4.90 Å². The first-order valence-corrected chi connectivity index (χ1v) is 19.1. The fourth-order valence-electron chi connectivity index (χ4n) is 7.00. The third-order valence-corrected chi connectivity index (χ3v) is 10.1. The lowest BCUT2D eigenvalue weighted by molar-refractivity contribution is 0.529. The molecule has 0 fully saturated rings. The molecule has 242 valence electrons. The van der Waals surface area contributed by atoms with Gasteiger partial charge in [0.1, 0.15) is 0 Å². The summed E-state index contributed by atoms with van der Waals surface area (Å²) in [6, 6.07) is 7.33. The van der Waals surface area contributed by atoms with Crippen LogP contribution >= 0.6 is 0 Å². The maximum Gasteiger partial charge on any atom is 0.0450 e. The van der Waals surface area contributed by atoms with E-state index >= 15 is 0 Å². The van der Waals surface area contributed by atoms with Gasteiger partial charge in [-0.25, -0.2) is 0 Å². The van der Waals surface area contributed by atoms with E-state index in [1.165, 1.54) is 196 Å². The van der Waals surface area contributed by atoms with E-state index in [-0.39, 0.29) is 5.41 Å². The zero-order valence-electron chi connectivity index (χ0n) is 29.2. The maximum atomic E-state index is 4.58. The van der Waals surface area contributed by atoms with Crippen LogP contribution in [0.4, 0.5) is 5.69 Å². The molecule has 42 heavy (non-hydrogen) atoms. The summed E-state index contributed by atoms with van der Waals surface area (Å²) in [5.74, 6) is 0. The second kappa shape index (κ2) is 23.2. The van der Waals surface area contributed by atoms with E-state index in [2.05, 4.69) is 57.4 Å². The summed E-state index contributed by atoms with van der Waals surface area (Å²) in [5, 5.41) is 0. The molecule has 2 rings (SSSR count). The smallest absolute Gasteiger partial charge is 0.0450 e. The number of hydrogen-bond acceptors (Lipinski definition) is 1. The molecule has 0 atom stereocenters. The third kappa shape index (κ3) is 14.5. The van der Waals surface area contributed by atoms with Crippen LogP contribution in [0.25, 0.3) is 0 Å². The van der Waals surface area contributed by atoms with Crippen molar-refractivity contribution in [1.29, 1.82) is 0 Å². The molecule has 1 aromatic rings. The van der Waals surface area contributed by atoms with Gasteiger partial charge in [0.15, 0.2) is 0 Å². The molecule has 0 aromatic heterocycles. The summed E-state index contributed by atoms with van der Waals surface area (Å²) in [7, 11) is 0. The van der Waals surface area contributed by atoms with Crippen molar-refractivity contribution in [2.45, 2.75) is 206 Å². The van der Waals surface area contributed by atoms with Gasteiger partial charge >= 0.3 is 0 Å². The molecule has 0 N–H and O–H groups in total. The topological polar surface area (TPSA) is 3.24 Å². The standard InChI is InChI=1S/C41H73N/c1-6-8-10-12-14-16-18-19-20-21-22-23-25-27-29-31-35-42-37(3)41(4,5)39-36-38(33-34-40(39)42)32-30-28-26-24-17-15-13-11-9-7-2/h33-34,36H,3,6-32,35H2,1-2,4-5H3. The van der Waals surface area contributed by atoms with E-state index in [9.17, 15) is 0 Å². The Hall–Kier alpha value is -1.24. The van der Waals surface area contributed by atoms with Crippen LogP contribution in [0.15, 0.2) is 30.5 Å². The lowest BCUT2D eigenvalue weighted by atomic mass is 9.83. The quantitative estimate of drug-likeness (QED) is 0.0892. The lowest BCUT2D eigenvalue weighted by Gasteiger charge is -2.25. The predicted octanol–water partition coefficient (Wildman–Crippen LogP) is 14.0. The van der Waals surface area contributed by atoms with Crippen LogP contribution in [0.3, 0.4) is 0 Å². The van der Waals surface area contributed by atoms with Gasteiger partial charge in [-0.2, -0.15) is 0 Å².